The monoisotopic (exact) mass is 259 g/mol. The van der Waals surface area contributed by atoms with Gasteiger partial charge in [-0.3, -0.25) is 10.1 Å². The van der Waals surface area contributed by atoms with E-state index in [9.17, 15) is 23.3 Å². The molecular formula is C12H12F3NO2. The van der Waals surface area contributed by atoms with Crippen LogP contribution in [0.4, 0.5) is 13.2 Å². The Morgan fingerprint density at radius 1 is 1.28 bits per heavy atom. The Morgan fingerprint density at radius 3 is 2.11 bits per heavy atom. The minimum Gasteiger partial charge on any atom is -0.259 e. The second kappa shape index (κ2) is 5.20. The van der Waals surface area contributed by atoms with Gasteiger partial charge in [-0.2, -0.15) is 13.2 Å². The highest BCUT2D eigenvalue weighted by molar-refractivity contribution is 5.52. The van der Waals surface area contributed by atoms with Gasteiger partial charge in [0.05, 0.1) is 10.5 Å². The zero-order valence-corrected chi connectivity index (χ0v) is 9.86. The fourth-order valence-corrected chi connectivity index (χ4v) is 1.37. The second-order valence-electron chi connectivity index (χ2n) is 4.10. The molecule has 0 saturated carbocycles. The van der Waals surface area contributed by atoms with Crippen LogP contribution in [-0.2, 0) is 6.18 Å². The molecule has 0 atom stereocenters. The highest BCUT2D eigenvalue weighted by atomic mass is 19.4. The Bertz CT molecular complexity index is 461. The van der Waals surface area contributed by atoms with Crippen LogP contribution in [0, 0.1) is 16.0 Å². The molecule has 0 aromatic heterocycles. The molecule has 0 amide bonds. The normalized spacial score (nSPS) is 12.9. The molecule has 1 aromatic rings. The highest BCUT2D eigenvalue weighted by Crippen LogP contribution is 2.29. The summed E-state index contributed by atoms with van der Waals surface area (Å²) in [4.78, 5) is 10.2. The molecule has 0 aliphatic carbocycles. The van der Waals surface area contributed by atoms with E-state index in [-0.39, 0.29) is 11.6 Å². The van der Waals surface area contributed by atoms with Crippen LogP contribution in [0.25, 0.3) is 6.08 Å². The molecule has 98 valence electrons. The topological polar surface area (TPSA) is 43.1 Å². The molecule has 0 N–H and O–H groups in total. The van der Waals surface area contributed by atoms with Crippen LogP contribution in [-0.4, -0.2) is 4.92 Å². The first kappa shape index (κ1) is 14.2. The maximum absolute atomic E-state index is 12.3. The molecule has 18 heavy (non-hydrogen) atoms. The molecule has 0 spiro atoms. The highest BCUT2D eigenvalue weighted by Gasteiger charge is 2.29. The van der Waals surface area contributed by atoms with E-state index in [1.165, 1.54) is 18.2 Å². The number of alkyl halides is 3. The van der Waals surface area contributed by atoms with E-state index in [2.05, 4.69) is 0 Å². The quantitative estimate of drug-likeness (QED) is 0.608. The third kappa shape index (κ3) is 3.58. The van der Waals surface area contributed by atoms with Crippen molar-refractivity contribution < 1.29 is 18.1 Å². The van der Waals surface area contributed by atoms with Crippen LogP contribution in [0.15, 0.2) is 30.0 Å². The first-order valence-electron chi connectivity index (χ1n) is 5.25. The number of rotatable bonds is 3. The van der Waals surface area contributed by atoms with Crippen molar-refractivity contribution in [1.29, 1.82) is 0 Å². The van der Waals surface area contributed by atoms with Crippen LogP contribution in [0.2, 0.25) is 0 Å². The van der Waals surface area contributed by atoms with E-state index in [0.29, 0.717) is 5.56 Å². The van der Waals surface area contributed by atoms with Gasteiger partial charge in [0.1, 0.15) is 0 Å². The maximum Gasteiger partial charge on any atom is 0.416 e. The summed E-state index contributed by atoms with van der Waals surface area (Å²) in [7, 11) is 0. The number of benzene rings is 1. The summed E-state index contributed by atoms with van der Waals surface area (Å²) >= 11 is 0. The minimum atomic E-state index is -4.40. The number of allylic oxidation sites excluding steroid dienone is 1. The third-order valence-electron chi connectivity index (χ3n) is 2.35. The molecular weight excluding hydrogens is 247 g/mol. The first-order valence-corrected chi connectivity index (χ1v) is 5.25. The van der Waals surface area contributed by atoms with Gasteiger partial charge in [0, 0.05) is 12.0 Å². The predicted octanol–water partition coefficient (Wildman–Crippen LogP) is 3.98. The Labute approximate surface area is 102 Å². The van der Waals surface area contributed by atoms with Gasteiger partial charge in [-0.15, -0.1) is 0 Å². The lowest BCUT2D eigenvalue weighted by Crippen LogP contribution is -2.06. The Morgan fingerprint density at radius 2 is 1.78 bits per heavy atom. The molecule has 0 bridgehead atoms. The fourth-order valence-electron chi connectivity index (χ4n) is 1.37. The number of hydrogen-bond donors (Lipinski definition) is 0. The zero-order valence-electron chi connectivity index (χ0n) is 9.86. The molecule has 0 fully saturated rings. The van der Waals surface area contributed by atoms with Gasteiger partial charge < -0.3 is 0 Å². The number of hydrogen-bond acceptors (Lipinski definition) is 2. The standard InChI is InChI=1S/C12H12F3NO2/c1-8(2)11(16(17)18)7-9-3-5-10(6-4-9)12(13,14)15/h3-8H,1-2H3/b11-7-. The van der Waals surface area contributed by atoms with Crippen molar-refractivity contribution >= 4 is 6.08 Å². The Balaban J connectivity index is 3.06. The molecule has 0 heterocycles. The van der Waals surface area contributed by atoms with Gasteiger partial charge in [0.25, 0.3) is 0 Å². The van der Waals surface area contributed by atoms with Crippen molar-refractivity contribution in [2.45, 2.75) is 20.0 Å². The average molecular weight is 259 g/mol. The van der Waals surface area contributed by atoms with Crippen molar-refractivity contribution in [1.82, 2.24) is 0 Å². The van der Waals surface area contributed by atoms with Crippen molar-refractivity contribution in [2.24, 2.45) is 5.92 Å². The van der Waals surface area contributed by atoms with Gasteiger partial charge in [-0.05, 0) is 17.7 Å². The molecule has 3 nitrogen and oxygen atoms in total. The molecule has 1 aromatic carbocycles. The summed E-state index contributed by atoms with van der Waals surface area (Å²) in [5, 5.41) is 10.7. The van der Waals surface area contributed by atoms with Crippen LogP contribution in [0.3, 0.4) is 0 Å². The van der Waals surface area contributed by atoms with Crippen molar-refractivity contribution in [3.8, 4) is 0 Å². The van der Waals surface area contributed by atoms with E-state index < -0.39 is 16.7 Å². The maximum atomic E-state index is 12.3. The van der Waals surface area contributed by atoms with E-state index >= 15 is 0 Å². The lowest BCUT2D eigenvalue weighted by atomic mass is 10.1. The molecule has 0 aliphatic rings. The molecule has 0 saturated heterocycles. The van der Waals surface area contributed by atoms with Crippen LogP contribution in [0.5, 0.6) is 0 Å². The van der Waals surface area contributed by atoms with Gasteiger partial charge in [-0.25, -0.2) is 0 Å². The largest absolute Gasteiger partial charge is 0.416 e. The van der Waals surface area contributed by atoms with Gasteiger partial charge in [-0.1, -0.05) is 26.0 Å². The van der Waals surface area contributed by atoms with Gasteiger partial charge in [0.2, 0.25) is 5.70 Å². The van der Waals surface area contributed by atoms with Gasteiger partial charge >= 0.3 is 6.18 Å². The first-order chi connectivity index (χ1) is 8.21. The summed E-state index contributed by atoms with van der Waals surface area (Å²) in [5.41, 5.74) is -0.426. The smallest absolute Gasteiger partial charge is 0.259 e. The predicted molar refractivity (Wildman–Crippen MR) is 61.3 cm³/mol. The Kier molecular flexibility index (Phi) is 4.11. The summed E-state index contributed by atoms with van der Waals surface area (Å²) in [6.07, 6.45) is -3.11. The van der Waals surface area contributed by atoms with E-state index in [1.54, 1.807) is 13.8 Å². The number of halogens is 3. The fraction of sp³-hybridized carbons (Fsp3) is 0.333. The van der Waals surface area contributed by atoms with Crippen LogP contribution < -0.4 is 0 Å². The SMILES string of the molecule is CC(C)/C(=C/c1ccc(C(F)(F)F)cc1)[N+](=O)[O-]. The molecule has 0 aliphatic heterocycles. The Hall–Kier alpha value is -1.85. The van der Waals surface area contributed by atoms with E-state index in [4.69, 9.17) is 0 Å². The molecule has 0 radical (unpaired) electrons. The van der Waals surface area contributed by atoms with Crippen LogP contribution >= 0.6 is 0 Å². The summed E-state index contributed by atoms with van der Waals surface area (Å²) in [5.74, 6) is -0.303. The average Bonchev–Trinajstić information content (AvgIpc) is 2.24. The summed E-state index contributed by atoms with van der Waals surface area (Å²) in [6.45, 7) is 3.30. The minimum absolute atomic E-state index is 0.0326. The second-order valence-corrected chi connectivity index (χ2v) is 4.10. The van der Waals surface area contributed by atoms with Crippen LogP contribution in [0.1, 0.15) is 25.0 Å². The molecule has 0 unspecified atom stereocenters. The lowest BCUT2D eigenvalue weighted by Gasteiger charge is -2.06. The van der Waals surface area contributed by atoms with Crippen molar-refractivity contribution in [3.63, 3.8) is 0 Å². The summed E-state index contributed by atoms with van der Waals surface area (Å²) in [6, 6.07) is 4.25. The van der Waals surface area contributed by atoms with Crippen molar-refractivity contribution in [2.75, 3.05) is 0 Å². The van der Waals surface area contributed by atoms with Gasteiger partial charge in [0.15, 0.2) is 0 Å². The number of nitro groups is 1. The number of nitrogens with zero attached hydrogens (tertiary/aromatic N) is 1. The summed E-state index contributed by atoms with van der Waals surface area (Å²) < 4.78 is 36.9. The molecule has 1 rings (SSSR count). The van der Waals surface area contributed by atoms with E-state index in [0.717, 1.165) is 12.1 Å². The zero-order chi connectivity index (χ0) is 13.9. The lowest BCUT2D eigenvalue weighted by molar-refractivity contribution is -0.431. The third-order valence-corrected chi connectivity index (χ3v) is 2.35. The molecule has 6 heteroatoms. The van der Waals surface area contributed by atoms with Crippen molar-refractivity contribution in [3.05, 3.63) is 51.2 Å². The van der Waals surface area contributed by atoms with E-state index in [1.807, 2.05) is 0 Å².